The summed E-state index contributed by atoms with van der Waals surface area (Å²) in [5.41, 5.74) is 0. The fourth-order valence-electron chi connectivity index (χ4n) is 2.06. The molecule has 1 aliphatic rings. The molecule has 9 nitrogen and oxygen atoms in total. The number of nitro groups is 1. The minimum atomic E-state index is -0.695. The number of carbonyl (C=O) groups excluding carboxylic acids is 1. The molecule has 1 amide bonds. The van der Waals surface area contributed by atoms with Crippen LogP contribution >= 0.6 is 0 Å². The molecule has 9 heteroatoms. The van der Waals surface area contributed by atoms with Crippen LogP contribution in [0.15, 0.2) is 6.33 Å². The van der Waals surface area contributed by atoms with Gasteiger partial charge in [-0.1, -0.05) is 4.98 Å². The van der Waals surface area contributed by atoms with Crippen molar-refractivity contribution in [2.24, 2.45) is 0 Å². The van der Waals surface area contributed by atoms with Crippen molar-refractivity contribution in [3.63, 3.8) is 0 Å². The second-order valence-corrected chi connectivity index (χ2v) is 4.56. The molecule has 2 atom stereocenters. The molecule has 1 fully saturated rings. The highest BCUT2D eigenvalue weighted by molar-refractivity contribution is 5.76. The summed E-state index contributed by atoms with van der Waals surface area (Å²) in [6.45, 7) is 4.77. The SMILES string of the molecule is C[C@@H]1CN(C(=O)Cn2cnc([N+](=O)[O-])n2)C[C@H](C)O1. The molecule has 0 radical (unpaired) electrons. The standard InChI is InChI=1S/C10H15N5O4/c1-7-3-13(4-8(2)19-7)9(16)5-14-6-11-10(12-14)15(17)18/h6-8H,3-5H2,1-2H3/t7-,8+. The van der Waals surface area contributed by atoms with Crippen molar-refractivity contribution >= 4 is 11.9 Å². The smallest absolute Gasteiger partial charge is 0.390 e. The third-order valence-electron chi connectivity index (χ3n) is 2.76. The Bertz CT molecular complexity index is 478. The van der Waals surface area contributed by atoms with E-state index in [4.69, 9.17) is 4.74 Å². The summed E-state index contributed by atoms with van der Waals surface area (Å²) in [7, 11) is 0. The van der Waals surface area contributed by atoms with Gasteiger partial charge in [0.2, 0.25) is 12.2 Å². The van der Waals surface area contributed by atoms with E-state index in [0.717, 1.165) is 0 Å². The van der Waals surface area contributed by atoms with Crippen LogP contribution in [0, 0.1) is 10.1 Å². The van der Waals surface area contributed by atoms with Crippen LogP contribution in [0.4, 0.5) is 5.95 Å². The van der Waals surface area contributed by atoms with Gasteiger partial charge in [-0.15, -0.1) is 0 Å². The quantitative estimate of drug-likeness (QED) is 0.557. The Balaban J connectivity index is 1.98. The van der Waals surface area contributed by atoms with Crippen molar-refractivity contribution in [3.05, 3.63) is 16.4 Å². The second kappa shape index (κ2) is 5.31. The van der Waals surface area contributed by atoms with E-state index >= 15 is 0 Å². The molecule has 1 aromatic heterocycles. The van der Waals surface area contributed by atoms with Gasteiger partial charge in [0, 0.05) is 18.2 Å². The van der Waals surface area contributed by atoms with Crippen molar-refractivity contribution in [2.45, 2.75) is 32.6 Å². The first kappa shape index (κ1) is 13.4. The summed E-state index contributed by atoms with van der Waals surface area (Å²) in [5, 5.41) is 14.1. The van der Waals surface area contributed by atoms with Gasteiger partial charge >= 0.3 is 5.95 Å². The lowest BCUT2D eigenvalue weighted by Crippen LogP contribution is -2.49. The molecule has 2 rings (SSSR count). The van der Waals surface area contributed by atoms with Crippen molar-refractivity contribution in [3.8, 4) is 0 Å². The first-order chi connectivity index (χ1) is 8.95. The molecule has 104 valence electrons. The van der Waals surface area contributed by atoms with E-state index in [0.29, 0.717) is 13.1 Å². The zero-order chi connectivity index (χ0) is 14.0. The molecule has 0 aliphatic carbocycles. The van der Waals surface area contributed by atoms with Crippen LogP contribution in [-0.2, 0) is 16.1 Å². The van der Waals surface area contributed by atoms with Crippen LogP contribution in [0.25, 0.3) is 0 Å². The highest BCUT2D eigenvalue weighted by Crippen LogP contribution is 2.11. The topological polar surface area (TPSA) is 103 Å². The maximum atomic E-state index is 12.0. The highest BCUT2D eigenvalue weighted by Gasteiger charge is 2.27. The van der Waals surface area contributed by atoms with Crippen LogP contribution in [0.3, 0.4) is 0 Å². The van der Waals surface area contributed by atoms with Gasteiger partial charge in [0.05, 0.1) is 12.2 Å². The summed E-state index contributed by atoms with van der Waals surface area (Å²) >= 11 is 0. The van der Waals surface area contributed by atoms with Gasteiger partial charge in [0.1, 0.15) is 6.54 Å². The fourth-order valence-corrected chi connectivity index (χ4v) is 2.06. The summed E-state index contributed by atoms with van der Waals surface area (Å²) < 4.78 is 6.71. The zero-order valence-electron chi connectivity index (χ0n) is 10.7. The van der Waals surface area contributed by atoms with Gasteiger partial charge in [0.25, 0.3) is 0 Å². The molecule has 1 aromatic rings. The molecule has 2 heterocycles. The van der Waals surface area contributed by atoms with E-state index < -0.39 is 10.9 Å². The Kier molecular flexibility index (Phi) is 3.74. The lowest BCUT2D eigenvalue weighted by Gasteiger charge is -2.35. The summed E-state index contributed by atoms with van der Waals surface area (Å²) in [4.78, 5) is 27.0. The Morgan fingerprint density at radius 3 is 2.68 bits per heavy atom. The second-order valence-electron chi connectivity index (χ2n) is 4.56. The van der Waals surface area contributed by atoms with Crippen LogP contribution < -0.4 is 0 Å². The molecule has 1 aliphatic heterocycles. The van der Waals surface area contributed by atoms with E-state index in [2.05, 4.69) is 10.1 Å². The molecule has 0 bridgehead atoms. The first-order valence-corrected chi connectivity index (χ1v) is 5.92. The maximum absolute atomic E-state index is 12.0. The third kappa shape index (κ3) is 3.25. The van der Waals surface area contributed by atoms with Crippen molar-refractivity contribution in [1.82, 2.24) is 19.7 Å². The highest BCUT2D eigenvalue weighted by atomic mass is 16.6. The van der Waals surface area contributed by atoms with E-state index in [9.17, 15) is 14.9 Å². The number of hydrogen-bond donors (Lipinski definition) is 0. The molecule has 0 N–H and O–H groups in total. The number of carbonyl (C=O) groups is 1. The molecular formula is C10H15N5O4. The van der Waals surface area contributed by atoms with Crippen LogP contribution in [0.1, 0.15) is 13.8 Å². The van der Waals surface area contributed by atoms with Crippen molar-refractivity contribution < 1.29 is 14.5 Å². The number of ether oxygens (including phenoxy) is 1. The van der Waals surface area contributed by atoms with Gasteiger partial charge in [-0.2, -0.15) is 4.68 Å². The van der Waals surface area contributed by atoms with Gasteiger partial charge in [-0.05, 0) is 18.8 Å². The number of morpholine rings is 1. The minimum Gasteiger partial charge on any atom is -0.390 e. The van der Waals surface area contributed by atoms with Crippen LogP contribution in [0.5, 0.6) is 0 Å². The summed E-state index contributed by atoms with van der Waals surface area (Å²) in [6.07, 6.45) is 1.15. The average molecular weight is 269 g/mol. The summed E-state index contributed by atoms with van der Waals surface area (Å²) in [6, 6.07) is 0. The fraction of sp³-hybridized carbons (Fsp3) is 0.700. The number of hydrogen-bond acceptors (Lipinski definition) is 6. The third-order valence-corrected chi connectivity index (χ3v) is 2.76. The van der Waals surface area contributed by atoms with Crippen LogP contribution in [-0.4, -0.2) is 55.8 Å². The predicted molar refractivity (Wildman–Crippen MR) is 63.3 cm³/mol. The number of rotatable bonds is 3. The summed E-state index contributed by atoms with van der Waals surface area (Å²) in [5.74, 6) is -0.654. The van der Waals surface area contributed by atoms with E-state index in [-0.39, 0.29) is 24.7 Å². The monoisotopic (exact) mass is 269 g/mol. The number of aromatic nitrogens is 3. The molecule has 1 saturated heterocycles. The predicted octanol–water partition coefficient (Wildman–Crippen LogP) is -0.178. The molecule has 0 saturated carbocycles. The lowest BCUT2D eigenvalue weighted by atomic mass is 10.2. The van der Waals surface area contributed by atoms with Crippen molar-refractivity contribution in [1.29, 1.82) is 0 Å². The first-order valence-electron chi connectivity index (χ1n) is 5.92. The molecule has 0 spiro atoms. The van der Waals surface area contributed by atoms with Gasteiger partial charge < -0.3 is 19.8 Å². The van der Waals surface area contributed by atoms with Crippen LogP contribution in [0.2, 0.25) is 0 Å². The molecular weight excluding hydrogens is 254 g/mol. The van der Waals surface area contributed by atoms with Gasteiger partial charge in [-0.25, -0.2) is 0 Å². The average Bonchev–Trinajstić information content (AvgIpc) is 2.76. The minimum absolute atomic E-state index is 0.0159. The van der Waals surface area contributed by atoms with Gasteiger partial charge in [0.15, 0.2) is 0 Å². The van der Waals surface area contributed by atoms with E-state index in [1.165, 1.54) is 11.0 Å². The largest absolute Gasteiger partial charge is 0.490 e. The Hall–Kier alpha value is -2.03. The number of nitrogens with zero attached hydrogens (tertiary/aromatic N) is 5. The molecule has 19 heavy (non-hydrogen) atoms. The van der Waals surface area contributed by atoms with E-state index in [1.807, 2.05) is 13.8 Å². The number of amides is 1. The van der Waals surface area contributed by atoms with Gasteiger partial charge in [-0.3, -0.25) is 4.79 Å². The van der Waals surface area contributed by atoms with E-state index in [1.54, 1.807) is 4.90 Å². The molecule has 0 aromatic carbocycles. The lowest BCUT2D eigenvalue weighted by molar-refractivity contribution is -0.394. The van der Waals surface area contributed by atoms with Crippen molar-refractivity contribution in [2.75, 3.05) is 13.1 Å². The Morgan fingerprint density at radius 1 is 1.53 bits per heavy atom. The normalized spacial score (nSPS) is 23.4. The Morgan fingerprint density at radius 2 is 2.16 bits per heavy atom. The zero-order valence-corrected chi connectivity index (χ0v) is 10.7. The Labute approximate surface area is 109 Å². The maximum Gasteiger partial charge on any atom is 0.490 e. The molecule has 0 unspecified atom stereocenters.